The lowest BCUT2D eigenvalue weighted by Crippen LogP contribution is -1.95. The third-order valence-corrected chi connectivity index (χ3v) is 3.28. The van der Waals surface area contributed by atoms with E-state index in [0.717, 1.165) is 11.1 Å². The number of hydrogen-bond acceptors (Lipinski definition) is 3. The van der Waals surface area contributed by atoms with Crippen LogP contribution in [-0.2, 0) is 0 Å². The molecule has 0 radical (unpaired) electrons. The second-order valence-corrected chi connectivity index (χ2v) is 4.88. The summed E-state index contributed by atoms with van der Waals surface area (Å²) in [5.41, 5.74) is 3.60. The van der Waals surface area contributed by atoms with Gasteiger partial charge >= 0.3 is 0 Å². The minimum atomic E-state index is 0.562. The fourth-order valence-corrected chi connectivity index (χ4v) is 2.13. The zero-order chi connectivity index (χ0) is 15.9. The summed E-state index contributed by atoms with van der Waals surface area (Å²) in [6, 6.07) is 15.8. The Hall–Kier alpha value is -2.73. The molecule has 0 amide bonds. The molecule has 0 bridgehead atoms. The van der Waals surface area contributed by atoms with E-state index in [1.807, 2.05) is 62.4 Å². The minimum Gasteiger partial charge on any atom is -0.493 e. The maximum absolute atomic E-state index is 9.41. The molecule has 0 heterocycles. The standard InChI is InChI=1S/C19H19NO2/c1-4-22-19-12-15(7-10-18(19)21-3)11-17(13-20)16-8-5-14(2)6-9-16/h5-12H,4H2,1-3H3/b17-11-. The molecule has 3 heteroatoms. The molecule has 112 valence electrons. The van der Waals surface area contributed by atoms with Crippen LogP contribution >= 0.6 is 0 Å². The number of hydrogen-bond donors (Lipinski definition) is 0. The van der Waals surface area contributed by atoms with E-state index < -0.39 is 0 Å². The summed E-state index contributed by atoms with van der Waals surface area (Å²) in [5.74, 6) is 1.37. The Morgan fingerprint density at radius 1 is 1.14 bits per heavy atom. The lowest BCUT2D eigenvalue weighted by Gasteiger charge is -2.10. The molecule has 0 aliphatic heterocycles. The van der Waals surface area contributed by atoms with Crippen LogP contribution < -0.4 is 9.47 Å². The van der Waals surface area contributed by atoms with Crippen LogP contribution in [0.25, 0.3) is 11.6 Å². The van der Waals surface area contributed by atoms with E-state index in [0.29, 0.717) is 23.7 Å². The first kappa shape index (κ1) is 15.7. The van der Waals surface area contributed by atoms with Gasteiger partial charge in [0.1, 0.15) is 0 Å². The normalized spacial score (nSPS) is 10.9. The first-order valence-electron chi connectivity index (χ1n) is 7.17. The fraction of sp³-hybridized carbons (Fsp3) is 0.211. The second-order valence-electron chi connectivity index (χ2n) is 4.88. The molecule has 0 N–H and O–H groups in total. The van der Waals surface area contributed by atoms with Crippen molar-refractivity contribution in [2.45, 2.75) is 13.8 Å². The molecule has 0 aliphatic carbocycles. The molecule has 0 unspecified atom stereocenters. The van der Waals surface area contributed by atoms with Crippen LogP contribution in [0.5, 0.6) is 11.5 Å². The summed E-state index contributed by atoms with van der Waals surface area (Å²) in [6.07, 6.45) is 1.85. The molecule has 2 rings (SSSR count). The molecule has 0 saturated heterocycles. The molecule has 0 saturated carbocycles. The van der Waals surface area contributed by atoms with Crippen molar-refractivity contribution in [1.82, 2.24) is 0 Å². The van der Waals surface area contributed by atoms with Gasteiger partial charge in [-0.2, -0.15) is 5.26 Å². The van der Waals surface area contributed by atoms with Gasteiger partial charge in [0.2, 0.25) is 0 Å². The lowest BCUT2D eigenvalue weighted by atomic mass is 10.0. The van der Waals surface area contributed by atoms with Crippen LogP contribution in [0, 0.1) is 18.3 Å². The van der Waals surface area contributed by atoms with Crippen molar-refractivity contribution in [2.24, 2.45) is 0 Å². The third-order valence-electron chi connectivity index (χ3n) is 3.28. The summed E-state index contributed by atoms with van der Waals surface area (Å²) in [7, 11) is 1.61. The number of benzene rings is 2. The van der Waals surface area contributed by atoms with Gasteiger partial charge < -0.3 is 9.47 Å². The maximum Gasteiger partial charge on any atom is 0.161 e. The number of ether oxygens (including phenoxy) is 2. The van der Waals surface area contributed by atoms with Gasteiger partial charge in [-0.3, -0.25) is 0 Å². The smallest absolute Gasteiger partial charge is 0.161 e. The molecule has 0 aromatic heterocycles. The second kappa shape index (κ2) is 7.33. The summed E-state index contributed by atoms with van der Waals surface area (Å²) in [4.78, 5) is 0. The Balaban J connectivity index is 2.39. The Morgan fingerprint density at radius 2 is 1.86 bits per heavy atom. The monoisotopic (exact) mass is 293 g/mol. The maximum atomic E-state index is 9.41. The fourth-order valence-electron chi connectivity index (χ4n) is 2.13. The van der Waals surface area contributed by atoms with Crippen LogP contribution in [-0.4, -0.2) is 13.7 Å². The van der Waals surface area contributed by atoms with Gasteiger partial charge in [0, 0.05) is 0 Å². The van der Waals surface area contributed by atoms with Gasteiger partial charge in [-0.1, -0.05) is 35.9 Å². The lowest BCUT2D eigenvalue weighted by molar-refractivity contribution is 0.311. The highest BCUT2D eigenvalue weighted by molar-refractivity contribution is 5.89. The Morgan fingerprint density at radius 3 is 2.45 bits per heavy atom. The molecule has 0 atom stereocenters. The van der Waals surface area contributed by atoms with Gasteiger partial charge in [0.05, 0.1) is 25.4 Å². The van der Waals surface area contributed by atoms with Crippen molar-refractivity contribution in [2.75, 3.05) is 13.7 Å². The first-order valence-corrected chi connectivity index (χ1v) is 7.17. The molecule has 3 nitrogen and oxygen atoms in total. The van der Waals surface area contributed by atoms with E-state index in [9.17, 15) is 5.26 Å². The minimum absolute atomic E-state index is 0.562. The van der Waals surface area contributed by atoms with Gasteiger partial charge in [-0.05, 0) is 43.2 Å². The zero-order valence-corrected chi connectivity index (χ0v) is 13.1. The number of nitriles is 1. The molecule has 0 aliphatic rings. The van der Waals surface area contributed by atoms with Crippen molar-refractivity contribution in [1.29, 1.82) is 5.26 Å². The number of methoxy groups -OCH3 is 1. The van der Waals surface area contributed by atoms with Crippen molar-refractivity contribution in [3.63, 3.8) is 0 Å². The van der Waals surface area contributed by atoms with E-state index in [1.54, 1.807) is 7.11 Å². The molecule has 0 spiro atoms. The third kappa shape index (κ3) is 3.67. The van der Waals surface area contributed by atoms with E-state index >= 15 is 0 Å². The molecule has 22 heavy (non-hydrogen) atoms. The molecule has 2 aromatic carbocycles. The van der Waals surface area contributed by atoms with Crippen LogP contribution in [0.4, 0.5) is 0 Å². The summed E-state index contributed by atoms with van der Waals surface area (Å²) in [5, 5.41) is 9.41. The quantitative estimate of drug-likeness (QED) is 0.603. The van der Waals surface area contributed by atoms with E-state index in [2.05, 4.69) is 6.07 Å². The molecule has 0 fully saturated rings. The van der Waals surface area contributed by atoms with Crippen molar-refractivity contribution >= 4 is 11.6 Å². The molecular weight excluding hydrogens is 274 g/mol. The number of nitrogens with zero attached hydrogens (tertiary/aromatic N) is 1. The van der Waals surface area contributed by atoms with Crippen molar-refractivity contribution in [3.05, 3.63) is 59.2 Å². The highest BCUT2D eigenvalue weighted by Gasteiger charge is 2.06. The van der Waals surface area contributed by atoms with Crippen molar-refractivity contribution in [3.8, 4) is 17.6 Å². The average Bonchev–Trinajstić information content (AvgIpc) is 2.54. The Kier molecular flexibility index (Phi) is 5.21. The SMILES string of the molecule is CCOc1cc(/C=C(/C#N)c2ccc(C)cc2)ccc1OC. The topological polar surface area (TPSA) is 42.2 Å². The Bertz CT molecular complexity index is 709. The molecule has 2 aromatic rings. The van der Waals surface area contributed by atoms with Gasteiger partial charge in [0.15, 0.2) is 11.5 Å². The number of aryl methyl sites for hydroxylation is 1. The number of rotatable bonds is 5. The first-order chi connectivity index (χ1) is 10.7. The predicted molar refractivity (Wildman–Crippen MR) is 88.8 cm³/mol. The summed E-state index contributed by atoms with van der Waals surface area (Å²) >= 11 is 0. The number of allylic oxidation sites excluding steroid dienone is 1. The van der Waals surface area contributed by atoms with Crippen molar-refractivity contribution < 1.29 is 9.47 Å². The highest BCUT2D eigenvalue weighted by Crippen LogP contribution is 2.29. The molecular formula is C19H19NO2. The Labute approximate surface area is 131 Å². The average molecular weight is 293 g/mol. The summed E-state index contributed by atoms with van der Waals surface area (Å²) < 4.78 is 10.8. The highest BCUT2D eigenvalue weighted by atomic mass is 16.5. The van der Waals surface area contributed by atoms with E-state index in [1.165, 1.54) is 5.56 Å². The largest absolute Gasteiger partial charge is 0.493 e. The summed E-state index contributed by atoms with van der Waals surface area (Å²) in [6.45, 7) is 4.51. The van der Waals surface area contributed by atoms with Crippen LogP contribution in [0.3, 0.4) is 0 Å². The van der Waals surface area contributed by atoms with Gasteiger partial charge in [0.25, 0.3) is 0 Å². The van der Waals surface area contributed by atoms with Gasteiger partial charge in [-0.25, -0.2) is 0 Å². The van der Waals surface area contributed by atoms with Crippen LogP contribution in [0.15, 0.2) is 42.5 Å². The zero-order valence-electron chi connectivity index (χ0n) is 13.1. The van der Waals surface area contributed by atoms with E-state index in [-0.39, 0.29) is 0 Å². The van der Waals surface area contributed by atoms with Gasteiger partial charge in [-0.15, -0.1) is 0 Å². The van der Waals surface area contributed by atoms with E-state index in [4.69, 9.17) is 9.47 Å². The van der Waals surface area contributed by atoms with Crippen LogP contribution in [0.2, 0.25) is 0 Å². The van der Waals surface area contributed by atoms with Crippen LogP contribution in [0.1, 0.15) is 23.6 Å². The predicted octanol–water partition coefficient (Wildman–Crippen LogP) is 4.47.